The number of hydrogen-bond acceptors (Lipinski definition) is 5. The minimum Gasteiger partial charge on any atom is -0.361 e. The van der Waals surface area contributed by atoms with Gasteiger partial charge in [-0.15, -0.1) is 0 Å². The van der Waals surface area contributed by atoms with Crippen LogP contribution in [0.25, 0.3) is 0 Å². The number of carbonyl (C=O) groups is 1. The number of amides is 1. The van der Waals surface area contributed by atoms with E-state index in [0.717, 1.165) is 11.6 Å². The van der Waals surface area contributed by atoms with Gasteiger partial charge in [0.1, 0.15) is 17.1 Å². The fraction of sp³-hybridized carbons (Fsp3) is 0.600. The Hall–Kier alpha value is -2.18. The Morgan fingerprint density at radius 3 is 2.68 bits per heavy atom. The molecule has 1 fully saturated rings. The average Bonchev–Trinajstić information content (AvgIpc) is 3.16. The quantitative estimate of drug-likeness (QED) is 0.847. The van der Waals surface area contributed by atoms with Gasteiger partial charge in [0, 0.05) is 12.5 Å². The predicted molar refractivity (Wildman–Crippen MR) is 77.4 cm³/mol. The molecule has 116 valence electrons. The third-order valence-corrected chi connectivity index (χ3v) is 4.56. The first-order valence-corrected chi connectivity index (χ1v) is 7.74. The summed E-state index contributed by atoms with van der Waals surface area (Å²) in [4.78, 5) is 19.4. The number of nitrogens with zero attached hydrogens (tertiary/aromatic N) is 5. The Morgan fingerprint density at radius 1 is 1.27 bits per heavy atom. The van der Waals surface area contributed by atoms with Gasteiger partial charge in [-0.1, -0.05) is 5.16 Å². The van der Waals surface area contributed by atoms with Crippen LogP contribution in [0.3, 0.4) is 0 Å². The van der Waals surface area contributed by atoms with Gasteiger partial charge in [-0.3, -0.25) is 4.79 Å². The molecule has 0 bridgehead atoms. The summed E-state index contributed by atoms with van der Waals surface area (Å²) in [5.74, 6) is 2.88. The molecule has 1 aliphatic heterocycles. The van der Waals surface area contributed by atoms with Crippen LogP contribution in [0.1, 0.15) is 65.2 Å². The number of fused-ring (bicyclic) bond motifs is 1. The van der Waals surface area contributed by atoms with Crippen LogP contribution in [0, 0.1) is 13.8 Å². The summed E-state index contributed by atoms with van der Waals surface area (Å²) in [6, 6.07) is -0.0880. The van der Waals surface area contributed by atoms with Crippen LogP contribution in [0.5, 0.6) is 0 Å². The van der Waals surface area contributed by atoms with Crippen molar-refractivity contribution in [2.75, 3.05) is 6.54 Å². The monoisotopic (exact) mass is 301 g/mol. The summed E-state index contributed by atoms with van der Waals surface area (Å²) in [5.41, 5.74) is 1.21. The topological polar surface area (TPSA) is 77.0 Å². The van der Waals surface area contributed by atoms with Crippen LogP contribution in [0.15, 0.2) is 4.52 Å². The van der Waals surface area contributed by atoms with Crippen LogP contribution in [-0.2, 0) is 6.54 Å². The van der Waals surface area contributed by atoms with Gasteiger partial charge in [0.25, 0.3) is 5.91 Å². The van der Waals surface area contributed by atoms with Crippen molar-refractivity contribution >= 4 is 5.91 Å². The van der Waals surface area contributed by atoms with Crippen molar-refractivity contribution in [2.45, 2.75) is 52.1 Å². The number of aromatic nitrogens is 4. The molecular weight excluding hydrogens is 282 g/mol. The molecule has 0 N–H and O–H groups in total. The summed E-state index contributed by atoms with van der Waals surface area (Å²) in [6.45, 7) is 6.90. The number of rotatable bonds is 2. The lowest BCUT2D eigenvalue weighted by Gasteiger charge is -2.32. The molecule has 4 rings (SSSR count). The maximum atomic E-state index is 12.8. The van der Waals surface area contributed by atoms with Crippen LogP contribution < -0.4 is 0 Å². The van der Waals surface area contributed by atoms with Crippen molar-refractivity contribution in [3.8, 4) is 0 Å². The van der Waals surface area contributed by atoms with E-state index >= 15 is 0 Å². The molecule has 0 radical (unpaired) electrons. The molecule has 2 aromatic rings. The lowest BCUT2D eigenvalue weighted by atomic mass is 10.1. The highest BCUT2D eigenvalue weighted by Crippen LogP contribution is 2.39. The first-order chi connectivity index (χ1) is 10.6. The van der Waals surface area contributed by atoms with Gasteiger partial charge < -0.3 is 9.42 Å². The van der Waals surface area contributed by atoms with E-state index in [1.807, 2.05) is 16.5 Å². The van der Waals surface area contributed by atoms with E-state index in [0.29, 0.717) is 36.0 Å². The second-order valence-electron chi connectivity index (χ2n) is 6.20. The summed E-state index contributed by atoms with van der Waals surface area (Å²) in [6.07, 6.45) is 2.36. The van der Waals surface area contributed by atoms with E-state index in [-0.39, 0.29) is 11.9 Å². The van der Waals surface area contributed by atoms with Crippen LogP contribution in [0.2, 0.25) is 0 Å². The normalized spacial score (nSPS) is 21.0. The zero-order valence-corrected chi connectivity index (χ0v) is 13.0. The van der Waals surface area contributed by atoms with Crippen molar-refractivity contribution in [2.24, 2.45) is 0 Å². The average molecular weight is 301 g/mol. The van der Waals surface area contributed by atoms with Gasteiger partial charge in [-0.2, -0.15) is 5.10 Å². The molecule has 2 aliphatic rings. The first kappa shape index (κ1) is 13.5. The number of hydrogen-bond donors (Lipinski definition) is 0. The van der Waals surface area contributed by atoms with Gasteiger partial charge >= 0.3 is 0 Å². The van der Waals surface area contributed by atoms with Crippen molar-refractivity contribution in [3.05, 3.63) is 28.7 Å². The lowest BCUT2D eigenvalue weighted by Crippen LogP contribution is -2.41. The Bertz CT molecular complexity index is 724. The molecule has 0 saturated heterocycles. The third kappa shape index (κ3) is 1.95. The van der Waals surface area contributed by atoms with Crippen LogP contribution in [0.4, 0.5) is 0 Å². The Labute approximate surface area is 128 Å². The number of aryl methyl sites for hydroxylation is 2. The first-order valence-electron chi connectivity index (χ1n) is 7.74. The zero-order valence-electron chi connectivity index (χ0n) is 13.0. The molecule has 3 heterocycles. The van der Waals surface area contributed by atoms with Gasteiger partial charge in [0.2, 0.25) is 0 Å². The van der Waals surface area contributed by atoms with Crippen molar-refractivity contribution in [1.29, 1.82) is 0 Å². The molecule has 1 aliphatic carbocycles. The highest BCUT2D eigenvalue weighted by atomic mass is 16.5. The van der Waals surface area contributed by atoms with Gasteiger partial charge in [0.05, 0.1) is 18.3 Å². The summed E-state index contributed by atoms with van der Waals surface area (Å²) in [7, 11) is 0. The Balaban J connectivity index is 1.65. The van der Waals surface area contributed by atoms with Crippen LogP contribution in [-0.4, -0.2) is 37.3 Å². The number of carbonyl (C=O) groups excluding carboxylic acids is 1. The van der Waals surface area contributed by atoms with E-state index < -0.39 is 0 Å². The van der Waals surface area contributed by atoms with E-state index in [1.165, 1.54) is 12.8 Å². The minimum atomic E-state index is -0.0880. The van der Waals surface area contributed by atoms with Gasteiger partial charge in [-0.25, -0.2) is 9.67 Å². The van der Waals surface area contributed by atoms with Crippen molar-refractivity contribution in [1.82, 2.24) is 24.8 Å². The third-order valence-electron chi connectivity index (χ3n) is 4.56. The SMILES string of the molecule is Cc1noc(C)c1C(=O)N1CCn2nc(C3CC3)nc2[C@H]1C. The second-order valence-corrected chi connectivity index (χ2v) is 6.20. The fourth-order valence-electron chi connectivity index (χ4n) is 3.11. The highest BCUT2D eigenvalue weighted by Gasteiger charge is 2.36. The van der Waals surface area contributed by atoms with E-state index in [1.54, 1.807) is 13.8 Å². The molecule has 7 nitrogen and oxygen atoms in total. The molecule has 2 aromatic heterocycles. The largest absolute Gasteiger partial charge is 0.361 e. The molecule has 1 amide bonds. The van der Waals surface area contributed by atoms with Gasteiger partial charge in [0.15, 0.2) is 5.82 Å². The smallest absolute Gasteiger partial charge is 0.260 e. The molecule has 0 unspecified atom stereocenters. The highest BCUT2D eigenvalue weighted by molar-refractivity contribution is 5.96. The van der Waals surface area contributed by atoms with E-state index in [4.69, 9.17) is 4.52 Å². The van der Waals surface area contributed by atoms with Crippen LogP contribution >= 0.6 is 0 Å². The molecule has 1 atom stereocenters. The molecule has 0 spiro atoms. The lowest BCUT2D eigenvalue weighted by molar-refractivity contribution is 0.0628. The summed E-state index contributed by atoms with van der Waals surface area (Å²) < 4.78 is 7.08. The molecule has 7 heteroatoms. The molecule has 22 heavy (non-hydrogen) atoms. The second kappa shape index (κ2) is 4.66. The fourth-order valence-corrected chi connectivity index (χ4v) is 3.11. The Kier molecular flexibility index (Phi) is 2.85. The minimum absolute atomic E-state index is 0.0361. The summed E-state index contributed by atoms with van der Waals surface area (Å²) in [5, 5.41) is 8.47. The van der Waals surface area contributed by atoms with Crippen molar-refractivity contribution in [3.63, 3.8) is 0 Å². The maximum absolute atomic E-state index is 12.8. The predicted octanol–water partition coefficient (Wildman–Crippen LogP) is 1.98. The standard InChI is InChI=1S/C15H19N5O2/c1-8-12(10(3)22-18-8)15(21)19-6-7-20-14(9(19)2)16-13(17-20)11-4-5-11/h9,11H,4-7H2,1-3H3/t9-/m1/s1. The Morgan fingerprint density at radius 2 is 2.05 bits per heavy atom. The molecule has 1 saturated carbocycles. The molecular formula is C15H19N5O2. The van der Waals surface area contributed by atoms with E-state index in [9.17, 15) is 4.79 Å². The maximum Gasteiger partial charge on any atom is 0.260 e. The zero-order chi connectivity index (χ0) is 15.4. The molecule has 0 aromatic carbocycles. The van der Waals surface area contributed by atoms with Crippen molar-refractivity contribution < 1.29 is 9.32 Å². The summed E-state index contributed by atoms with van der Waals surface area (Å²) >= 11 is 0. The van der Waals surface area contributed by atoms with Gasteiger partial charge in [-0.05, 0) is 33.6 Å². The van der Waals surface area contributed by atoms with E-state index in [2.05, 4.69) is 15.2 Å².